The number of anilines is 2. The summed E-state index contributed by atoms with van der Waals surface area (Å²) in [5.41, 5.74) is 8.86. The third-order valence-corrected chi connectivity index (χ3v) is 4.17. The van der Waals surface area contributed by atoms with Gasteiger partial charge in [-0.2, -0.15) is 0 Å². The summed E-state index contributed by atoms with van der Waals surface area (Å²) < 4.78 is 0. The van der Waals surface area contributed by atoms with Gasteiger partial charge in [0.25, 0.3) is 5.91 Å². The quantitative estimate of drug-likeness (QED) is 0.373. The van der Waals surface area contributed by atoms with Gasteiger partial charge in [0.2, 0.25) is 12.0 Å². The van der Waals surface area contributed by atoms with Gasteiger partial charge in [0, 0.05) is 5.69 Å². The van der Waals surface area contributed by atoms with E-state index in [1.165, 1.54) is 0 Å². The number of amidine groups is 1. The SMILES string of the molecule is Cc1ccc(C)c(NC(=O)C(C)O/N=C(/N)CC(=O)Nc2ccccc2Cl)c1. The highest BCUT2D eigenvalue weighted by Gasteiger charge is 2.16. The van der Waals surface area contributed by atoms with E-state index in [2.05, 4.69) is 15.8 Å². The van der Waals surface area contributed by atoms with Gasteiger partial charge in [0.15, 0.2) is 0 Å². The smallest absolute Gasteiger partial charge is 0.267 e. The number of amides is 2. The van der Waals surface area contributed by atoms with Crippen molar-refractivity contribution in [2.24, 2.45) is 10.9 Å². The van der Waals surface area contributed by atoms with E-state index in [-0.39, 0.29) is 18.2 Å². The second-order valence-electron chi connectivity index (χ2n) is 6.34. The molecule has 2 aromatic rings. The predicted molar refractivity (Wildman–Crippen MR) is 111 cm³/mol. The van der Waals surface area contributed by atoms with E-state index in [1.54, 1.807) is 31.2 Å². The fraction of sp³-hybridized carbons (Fsp3) is 0.250. The largest absolute Gasteiger partial charge is 0.384 e. The summed E-state index contributed by atoms with van der Waals surface area (Å²) in [5.74, 6) is -0.827. The summed E-state index contributed by atoms with van der Waals surface area (Å²) in [7, 11) is 0. The molecule has 0 saturated carbocycles. The molecule has 4 N–H and O–H groups in total. The van der Waals surface area contributed by atoms with Crippen LogP contribution in [0.25, 0.3) is 0 Å². The minimum atomic E-state index is -0.884. The van der Waals surface area contributed by atoms with Crippen LogP contribution in [-0.2, 0) is 14.4 Å². The lowest BCUT2D eigenvalue weighted by Crippen LogP contribution is -2.28. The Morgan fingerprint density at radius 3 is 2.57 bits per heavy atom. The Balaban J connectivity index is 1.87. The molecular formula is C20H23ClN4O3. The highest BCUT2D eigenvalue weighted by Crippen LogP contribution is 2.20. The maximum atomic E-state index is 12.2. The zero-order valence-electron chi connectivity index (χ0n) is 16.0. The molecule has 0 aliphatic carbocycles. The molecule has 0 aliphatic rings. The Bertz CT molecular complexity index is 899. The van der Waals surface area contributed by atoms with Crippen molar-refractivity contribution in [3.05, 3.63) is 58.6 Å². The average molecular weight is 403 g/mol. The van der Waals surface area contributed by atoms with Crippen molar-refractivity contribution in [3.63, 3.8) is 0 Å². The maximum Gasteiger partial charge on any atom is 0.267 e. The normalized spacial score (nSPS) is 12.2. The van der Waals surface area contributed by atoms with Gasteiger partial charge in [0.05, 0.1) is 17.1 Å². The lowest BCUT2D eigenvalue weighted by molar-refractivity contribution is -0.126. The summed E-state index contributed by atoms with van der Waals surface area (Å²) in [6.45, 7) is 5.38. The van der Waals surface area contributed by atoms with Crippen LogP contribution in [0.2, 0.25) is 5.02 Å². The second-order valence-corrected chi connectivity index (χ2v) is 6.75. The van der Waals surface area contributed by atoms with Crippen LogP contribution >= 0.6 is 11.6 Å². The number of hydrogen-bond acceptors (Lipinski definition) is 4. The standard InChI is InChI=1S/C20H23ClN4O3/c1-12-8-9-13(2)17(10-12)24-20(27)14(3)28-25-18(22)11-19(26)23-16-7-5-4-6-15(16)21/h4-10,14H,11H2,1-3H3,(H2,22,25)(H,23,26)(H,24,27). The molecule has 8 heteroatoms. The fourth-order valence-electron chi connectivity index (χ4n) is 2.25. The number of halogens is 1. The number of aryl methyl sites for hydroxylation is 2. The summed E-state index contributed by atoms with van der Waals surface area (Å²) in [5, 5.41) is 9.50. The molecule has 0 spiro atoms. The number of nitrogens with one attached hydrogen (secondary N) is 2. The Labute approximate surface area is 168 Å². The number of para-hydroxylation sites is 1. The van der Waals surface area contributed by atoms with E-state index in [9.17, 15) is 9.59 Å². The summed E-state index contributed by atoms with van der Waals surface area (Å²) >= 11 is 5.98. The monoisotopic (exact) mass is 402 g/mol. The Kier molecular flexibility index (Phi) is 7.40. The van der Waals surface area contributed by atoms with Crippen LogP contribution in [0.15, 0.2) is 47.6 Å². The van der Waals surface area contributed by atoms with Crippen LogP contribution in [0.4, 0.5) is 11.4 Å². The Morgan fingerprint density at radius 1 is 1.14 bits per heavy atom. The number of nitrogens with zero attached hydrogens (tertiary/aromatic N) is 1. The van der Waals surface area contributed by atoms with Crippen molar-refractivity contribution in [1.82, 2.24) is 0 Å². The summed E-state index contributed by atoms with van der Waals surface area (Å²) in [6, 6.07) is 12.6. The molecule has 28 heavy (non-hydrogen) atoms. The van der Waals surface area contributed by atoms with Gasteiger partial charge in [-0.3, -0.25) is 9.59 Å². The fourth-order valence-corrected chi connectivity index (χ4v) is 2.44. The highest BCUT2D eigenvalue weighted by molar-refractivity contribution is 6.33. The van der Waals surface area contributed by atoms with Gasteiger partial charge in [-0.25, -0.2) is 0 Å². The minimum Gasteiger partial charge on any atom is -0.384 e. The molecule has 2 amide bonds. The molecule has 0 bridgehead atoms. The molecule has 0 aromatic heterocycles. The summed E-state index contributed by atoms with van der Waals surface area (Å²) in [6.07, 6.45) is -1.08. The van der Waals surface area contributed by atoms with E-state index >= 15 is 0 Å². The molecular weight excluding hydrogens is 380 g/mol. The summed E-state index contributed by atoms with van der Waals surface area (Å²) in [4.78, 5) is 29.4. The van der Waals surface area contributed by atoms with Crippen LogP contribution in [0.3, 0.4) is 0 Å². The highest BCUT2D eigenvalue weighted by atomic mass is 35.5. The number of carbonyl (C=O) groups is 2. The van der Waals surface area contributed by atoms with Gasteiger partial charge < -0.3 is 21.2 Å². The molecule has 7 nitrogen and oxygen atoms in total. The molecule has 0 radical (unpaired) electrons. The average Bonchev–Trinajstić information content (AvgIpc) is 2.64. The molecule has 0 fully saturated rings. The van der Waals surface area contributed by atoms with Crippen molar-refractivity contribution < 1.29 is 14.4 Å². The van der Waals surface area contributed by atoms with Crippen molar-refractivity contribution in [3.8, 4) is 0 Å². The van der Waals surface area contributed by atoms with Crippen molar-refractivity contribution in [2.75, 3.05) is 10.6 Å². The molecule has 0 saturated heterocycles. The third-order valence-electron chi connectivity index (χ3n) is 3.84. The van der Waals surface area contributed by atoms with E-state index < -0.39 is 12.0 Å². The van der Waals surface area contributed by atoms with Crippen LogP contribution in [0, 0.1) is 13.8 Å². The maximum absolute atomic E-state index is 12.2. The first kappa shape index (κ1) is 21.2. The van der Waals surface area contributed by atoms with E-state index in [1.807, 2.05) is 32.0 Å². The number of oxime groups is 1. The first-order chi connectivity index (χ1) is 13.3. The Hall–Kier alpha value is -3.06. The number of benzene rings is 2. The second kappa shape index (κ2) is 9.75. The van der Waals surface area contributed by atoms with Gasteiger partial charge in [0.1, 0.15) is 5.84 Å². The minimum absolute atomic E-state index is 0.0593. The molecule has 0 aliphatic heterocycles. The van der Waals surface area contributed by atoms with E-state index in [4.69, 9.17) is 22.2 Å². The van der Waals surface area contributed by atoms with Crippen LogP contribution < -0.4 is 16.4 Å². The first-order valence-corrected chi connectivity index (χ1v) is 9.04. The molecule has 148 valence electrons. The number of hydrogen-bond donors (Lipinski definition) is 3. The molecule has 2 aromatic carbocycles. The topological polar surface area (TPSA) is 106 Å². The van der Waals surface area contributed by atoms with Gasteiger partial charge in [-0.15, -0.1) is 0 Å². The third kappa shape index (κ3) is 6.28. The zero-order chi connectivity index (χ0) is 20.7. The lowest BCUT2D eigenvalue weighted by Gasteiger charge is -2.13. The molecule has 2 rings (SSSR count). The van der Waals surface area contributed by atoms with E-state index in [0.29, 0.717) is 16.4 Å². The van der Waals surface area contributed by atoms with E-state index in [0.717, 1.165) is 11.1 Å². The van der Waals surface area contributed by atoms with Crippen LogP contribution in [-0.4, -0.2) is 23.8 Å². The van der Waals surface area contributed by atoms with Gasteiger partial charge in [-0.05, 0) is 50.1 Å². The van der Waals surface area contributed by atoms with Gasteiger partial charge >= 0.3 is 0 Å². The number of rotatable bonds is 7. The molecule has 1 unspecified atom stereocenters. The molecule has 0 heterocycles. The number of nitrogens with two attached hydrogens (primary N) is 1. The number of carbonyl (C=O) groups excluding carboxylic acids is 2. The Morgan fingerprint density at radius 2 is 1.86 bits per heavy atom. The van der Waals surface area contributed by atoms with Crippen molar-refractivity contribution in [2.45, 2.75) is 33.3 Å². The van der Waals surface area contributed by atoms with Crippen LogP contribution in [0.5, 0.6) is 0 Å². The zero-order valence-corrected chi connectivity index (χ0v) is 16.7. The van der Waals surface area contributed by atoms with Crippen LogP contribution in [0.1, 0.15) is 24.5 Å². The molecule has 1 atom stereocenters. The predicted octanol–water partition coefficient (Wildman–Crippen LogP) is 3.60. The van der Waals surface area contributed by atoms with Crippen molar-refractivity contribution in [1.29, 1.82) is 0 Å². The lowest BCUT2D eigenvalue weighted by atomic mass is 10.1. The van der Waals surface area contributed by atoms with Gasteiger partial charge in [-0.1, -0.05) is 41.0 Å². The first-order valence-electron chi connectivity index (χ1n) is 8.67. The van der Waals surface area contributed by atoms with Crippen molar-refractivity contribution >= 4 is 40.6 Å².